The van der Waals surface area contributed by atoms with Crippen LogP contribution in [0.5, 0.6) is 0 Å². The summed E-state index contributed by atoms with van der Waals surface area (Å²) in [4.78, 5) is 6.24. The summed E-state index contributed by atoms with van der Waals surface area (Å²) >= 11 is 0. The van der Waals surface area contributed by atoms with E-state index in [1.165, 1.54) is 5.56 Å². The molecule has 0 aromatic carbocycles. The quantitative estimate of drug-likeness (QED) is 0.791. The summed E-state index contributed by atoms with van der Waals surface area (Å²) < 4.78 is 5.01. The number of nitrogens with one attached hydrogen (secondary N) is 2. The predicted molar refractivity (Wildman–Crippen MR) is 61.6 cm³/mol. The minimum Gasteiger partial charge on any atom is -0.472 e. The fourth-order valence-electron chi connectivity index (χ4n) is 1.37. The smallest absolute Gasteiger partial charge is 0.246 e. The Morgan fingerprint density at radius 1 is 1.56 bits per heavy atom. The second-order valence-corrected chi connectivity index (χ2v) is 3.54. The van der Waals surface area contributed by atoms with Crippen LogP contribution in [0.4, 0.5) is 11.9 Å². The molecule has 0 saturated heterocycles. The zero-order valence-electron chi connectivity index (χ0n) is 9.40. The third kappa shape index (κ3) is 2.33. The van der Waals surface area contributed by atoms with Crippen molar-refractivity contribution in [2.24, 2.45) is 0 Å². The molecule has 2 aromatic heterocycles. The first-order valence-electron chi connectivity index (χ1n) is 5.12. The van der Waals surface area contributed by atoms with Crippen molar-refractivity contribution in [2.75, 3.05) is 30.9 Å². The molecule has 2 aromatic rings. The molecule has 0 bridgehead atoms. The highest BCUT2D eigenvalue weighted by Crippen LogP contribution is 2.09. The number of furan rings is 1. The molecule has 2 rings (SSSR count). The molecule has 0 radical (unpaired) electrons. The van der Waals surface area contributed by atoms with E-state index in [2.05, 4.69) is 20.5 Å². The number of hydrogen-bond donors (Lipinski definition) is 2. The highest BCUT2D eigenvalue weighted by molar-refractivity contribution is 5.35. The lowest BCUT2D eigenvalue weighted by molar-refractivity contribution is 0.563. The van der Waals surface area contributed by atoms with Gasteiger partial charge in [0.15, 0.2) is 0 Å². The van der Waals surface area contributed by atoms with Crippen LogP contribution in [0.1, 0.15) is 5.56 Å². The van der Waals surface area contributed by atoms with E-state index >= 15 is 0 Å². The van der Waals surface area contributed by atoms with Gasteiger partial charge in [0.05, 0.1) is 12.5 Å². The van der Waals surface area contributed by atoms with E-state index in [4.69, 9.17) is 4.42 Å². The summed E-state index contributed by atoms with van der Waals surface area (Å²) in [7, 11) is 3.76. The molecule has 16 heavy (non-hydrogen) atoms. The molecule has 0 fully saturated rings. The highest BCUT2D eigenvalue weighted by atomic mass is 16.3. The van der Waals surface area contributed by atoms with Gasteiger partial charge >= 0.3 is 0 Å². The van der Waals surface area contributed by atoms with Gasteiger partial charge < -0.3 is 14.6 Å². The van der Waals surface area contributed by atoms with E-state index in [1.807, 2.05) is 18.0 Å². The second-order valence-electron chi connectivity index (χ2n) is 3.54. The number of likely N-dealkylation sites (N-methyl/N-ethyl adjacent to an activating group) is 1. The van der Waals surface area contributed by atoms with Gasteiger partial charge in [-0.3, -0.25) is 0 Å². The molecule has 86 valence electrons. The summed E-state index contributed by atoms with van der Waals surface area (Å²) in [6.07, 6.45) is 4.35. The molecular weight excluding hydrogens is 206 g/mol. The van der Waals surface area contributed by atoms with Crippen LogP contribution < -0.4 is 10.2 Å². The number of hydrogen-bond acceptors (Lipinski definition) is 5. The second kappa shape index (κ2) is 4.69. The Balaban J connectivity index is 1.90. The minimum atomic E-state index is 0.671. The molecule has 0 saturated carbocycles. The number of anilines is 2. The van der Waals surface area contributed by atoms with Crippen molar-refractivity contribution in [1.82, 2.24) is 15.2 Å². The summed E-state index contributed by atoms with van der Waals surface area (Å²) in [5.74, 6) is 1.36. The average molecular weight is 221 g/mol. The first-order chi connectivity index (χ1) is 7.79. The lowest BCUT2D eigenvalue weighted by atomic mass is 10.2. The Morgan fingerprint density at radius 2 is 2.44 bits per heavy atom. The molecule has 6 heteroatoms. The van der Waals surface area contributed by atoms with Gasteiger partial charge in [0, 0.05) is 20.6 Å². The molecule has 0 aliphatic heterocycles. The van der Waals surface area contributed by atoms with Crippen molar-refractivity contribution in [2.45, 2.75) is 6.42 Å². The normalized spacial score (nSPS) is 10.4. The molecular formula is C10H15N5O. The molecule has 0 amide bonds. The molecule has 0 aliphatic carbocycles. The molecule has 0 atom stereocenters. The number of aromatic nitrogens is 3. The SMILES string of the molecule is CNc1nc(N(C)CCc2ccoc2)n[nH]1. The van der Waals surface area contributed by atoms with Crippen molar-refractivity contribution in [3.8, 4) is 0 Å². The van der Waals surface area contributed by atoms with Gasteiger partial charge in [-0.2, -0.15) is 4.98 Å². The van der Waals surface area contributed by atoms with Gasteiger partial charge in [0.2, 0.25) is 11.9 Å². The zero-order valence-corrected chi connectivity index (χ0v) is 9.40. The van der Waals surface area contributed by atoms with E-state index in [-0.39, 0.29) is 0 Å². The van der Waals surface area contributed by atoms with Crippen LogP contribution in [-0.2, 0) is 6.42 Å². The number of rotatable bonds is 5. The van der Waals surface area contributed by atoms with Crippen LogP contribution in [0.15, 0.2) is 23.0 Å². The first kappa shape index (κ1) is 10.5. The molecule has 2 heterocycles. The Hall–Kier alpha value is -1.98. The maximum atomic E-state index is 5.01. The Labute approximate surface area is 93.7 Å². The van der Waals surface area contributed by atoms with Crippen LogP contribution in [0, 0.1) is 0 Å². The van der Waals surface area contributed by atoms with E-state index in [0.717, 1.165) is 13.0 Å². The third-order valence-corrected chi connectivity index (χ3v) is 2.37. The van der Waals surface area contributed by atoms with Gasteiger partial charge in [0.1, 0.15) is 0 Å². The van der Waals surface area contributed by atoms with E-state index in [0.29, 0.717) is 11.9 Å². The van der Waals surface area contributed by atoms with Gasteiger partial charge in [-0.15, -0.1) is 5.10 Å². The lowest BCUT2D eigenvalue weighted by Gasteiger charge is -2.13. The average Bonchev–Trinajstić information content (AvgIpc) is 2.96. The van der Waals surface area contributed by atoms with Crippen molar-refractivity contribution in [1.29, 1.82) is 0 Å². The number of aromatic amines is 1. The molecule has 0 spiro atoms. The third-order valence-electron chi connectivity index (χ3n) is 2.37. The minimum absolute atomic E-state index is 0.671. The van der Waals surface area contributed by atoms with Crippen LogP contribution in [0.2, 0.25) is 0 Å². The summed E-state index contributed by atoms with van der Waals surface area (Å²) in [5.41, 5.74) is 1.18. The largest absolute Gasteiger partial charge is 0.472 e. The molecule has 0 unspecified atom stereocenters. The maximum Gasteiger partial charge on any atom is 0.246 e. The van der Waals surface area contributed by atoms with Crippen molar-refractivity contribution in [3.05, 3.63) is 24.2 Å². The first-order valence-corrected chi connectivity index (χ1v) is 5.12. The predicted octanol–water partition coefficient (Wildman–Crippen LogP) is 1.12. The summed E-state index contributed by atoms with van der Waals surface area (Å²) in [6, 6.07) is 1.96. The Kier molecular flexibility index (Phi) is 3.09. The van der Waals surface area contributed by atoms with Gasteiger partial charge in [-0.1, -0.05) is 0 Å². The fraction of sp³-hybridized carbons (Fsp3) is 0.400. The van der Waals surface area contributed by atoms with E-state index in [9.17, 15) is 0 Å². The topological polar surface area (TPSA) is 70.0 Å². The van der Waals surface area contributed by atoms with Gasteiger partial charge in [0.25, 0.3) is 0 Å². The summed E-state index contributed by atoms with van der Waals surface area (Å²) in [5, 5.41) is 9.79. The van der Waals surface area contributed by atoms with Crippen LogP contribution in [0.3, 0.4) is 0 Å². The number of nitrogens with zero attached hydrogens (tertiary/aromatic N) is 3. The van der Waals surface area contributed by atoms with Crippen molar-refractivity contribution >= 4 is 11.9 Å². The summed E-state index contributed by atoms with van der Waals surface area (Å²) in [6.45, 7) is 0.848. The molecule has 0 aliphatic rings. The van der Waals surface area contributed by atoms with Crippen LogP contribution in [0.25, 0.3) is 0 Å². The zero-order chi connectivity index (χ0) is 11.4. The van der Waals surface area contributed by atoms with Crippen LogP contribution in [-0.4, -0.2) is 35.8 Å². The van der Waals surface area contributed by atoms with E-state index in [1.54, 1.807) is 19.6 Å². The Bertz CT molecular complexity index is 422. The van der Waals surface area contributed by atoms with E-state index < -0.39 is 0 Å². The van der Waals surface area contributed by atoms with Gasteiger partial charge in [-0.05, 0) is 18.1 Å². The Morgan fingerprint density at radius 3 is 3.06 bits per heavy atom. The highest BCUT2D eigenvalue weighted by Gasteiger charge is 2.07. The monoisotopic (exact) mass is 221 g/mol. The molecule has 6 nitrogen and oxygen atoms in total. The standard InChI is InChI=1S/C10H15N5O/c1-11-9-12-10(14-13-9)15(2)5-3-8-4-6-16-7-8/h4,6-7H,3,5H2,1-2H3,(H2,11,12,13,14). The lowest BCUT2D eigenvalue weighted by Crippen LogP contribution is -2.21. The van der Waals surface area contributed by atoms with Crippen LogP contribution >= 0.6 is 0 Å². The number of H-pyrrole nitrogens is 1. The van der Waals surface area contributed by atoms with Gasteiger partial charge in [-0.25, -0.2) is 5.10 Å². The van der Waals surface area contributed by atoms with Crippen molar-refractivity contribution < 1.29 is 4.42 Å². The van der Waals surface area contributed by atoms with Crippen molar-refractivity contribution in [3.63, 3.8) is 0 Å². The molecule has 2 N–H and O–H groups in total. The fourth-order valence-corrected chi connectivity index (χ4v) is 1.37. The maximum absolute atomic E-state index is 5.01.